The van der Waals surface area contributed by atoms with Gasteiger partial charge in [0.15, 0.2) is 11.7 Å². The molecule has 1 aliphatic heterocycles. The molecule has 4 aromatic rings. The lowest BCUT2D eigenvalue weighted by Gasteiger charge is -2.20. The molecule has 0 unspecified atom stereocenters. The number of benzene rings is 1. The largest absolute Gasteiger partial charge is 0.480 e. The molecule has 0 amide bonds. The Bertz CT molecular complexity index is 1260. The molecule has 5 rings (SSSR count). The molecule has 33 heavy (non-hydrogen) atoms. The summed E-state index contributed by atoms with van der Waals surface area (Å²) in [6.45, 7) is 3.35. The number of likely N-dealkylation sites (N-methyl/N-ethyl adjacent to an activating group) is 1. The van der Waals surface area contributed by atoms with E-state index < -0.39 is 0 Å². The topological polar surface area (TPSA) is 85.5 Å². The third kappa shape index (κ3) is 4.51. The number of nitrogens with zero attached hydrogens (tertiary/aromatic N) is 4. The quantitative estimate of drug-likeness (QED) is 0.473. The van der Waals surface area contributed by atoms with Crippen molar-refractivity contribution in [2.75, 3.05) is 26.0 Å². The number of oxazole rings is 1. The van der Waals surface area contributed by atoms with Crippen LogP contribution in [0.5, 0.6) is 11.8 Å². The maximum absolute atomic E-state index is 6.36. The molecule has 1 aromatic carbocycles. The highest BCUT2D eigenvalue weighted by Crippen LogP contribution is 2.33. The Morgan fingerprint density at radius 1 is 1.03 bits per heavy atom. The number of ether oxygens (including phenoxy) is 2. The van der Waals surface area contributed by atoms with Gasteiger partial charge in [-0.2, -0.15) is 9.97 Å². The first-order valence-electron chi connectivity index (χ1n) is 10.7. The van der Waals surface area contributed by atoms with Crippen molar-refractivity contribution in [3.63, 3.8) is 0 Å². The van der Waals surface area contributed by atoms with Crippen LogP contribution in [0.1, 0.15) is 23.1 Å². The van der Waals surface area contributed by atoms with E-state index in [0.717, 1.165) is 29.8 Å². The zero-order chi connectivity index (χ0) is 22.8. The molecule has 1 aliphatic rings. The van der Waals surface area contributed by atoms with Crippen molar-refractivity contribution in [1.29, 1.82) is 0 Å². The number of rotatable bonds is 5. The lowest BCUT2D eigenvalue weighted by Crippen LogP contribution is -2.24. The molecule has 168 valence electrons. The molecule has 0 spiro atoms. The molecule has 0 radical (unpaired) electrons. The third-order valence-electron chi connectivity index (χ3n) is 5.48. The van der Waals surface area contributed by atoms with Crippen LogP contribution in [0.2, 0.25) is 0 Å². The van der Waals surface area contributed by atoms with E-state index in [1.807, 2.05) is 42.5 Å². The van der Waals surface area contributed by atoms with Crippen LogP contribution < -0.4 is 14.8 Å². The minimum absolute atomic E-state index is 0.0944. The second kappa shape index (κ2) is 8.91. The highest BCUT2D eigenvalue weighted by Gasteiger charge is 2.23. The summed E-state index contributed by atoms with van der Waals surface area (Å²) >= 11 is 0. The van der Waals surface area contributed by atoms with Crippen molar-refractivity contribution < 1.29 is 13.9 Å². The number of aromatic nitrogens is 3. The second-order valence-corrected chi connectivity index (χ2v) is 8.00. The van der Waals surface area contributed by atoms with Crippen molar-refractivity contribution in [3.8, 4) is 23.1 Å². The van der Waals surface area contributed by atoms with Crippen LogP contribution in [-0.2, 0) is 6.54 Å². The van der Waals surface area contributed by atoms with Gasteiger partial charge in [0.25, 0.3) is 0 Å². The van der Waals surface area contributed by atoms with Crippen molar-refractivity contribution >= 4 is 11.6 Å². The Balaban J connectivity index is 1.41. The number of anilines is 2. The average Bonchev–Trinajstić information content (AvgIpc) is 3.18. The van der Waals surface area contributed by atoms with Gasteiger partial charge in [-0.05, 0) is 36.9 Å². The smallest absolute Gasteiger partial charge is 0.226 e. The zero-order valence-corrected chi connectivity index (χ0v) is 18.8. The van der Waals surface area contributed by atoms with Gasteiger partial charge >= 0.3 is 0 Å². The third-order valence-corrected chi connectivity index (χ3v) is 5.48. The number of aryl methyl sites for hydroxylation is 1. The van der Waals surface area contributed by atoms with Gasteiger partial charge in [0.05, 0.1) is 18.9 Å². The maximum atomic E-state index is 6.36. The van der Waals surface area contributed by atoms with Crippen LogP contribution >= 0.6 is 0 Å². The summed E-state index contributed by atoms with van der Waals surface area (Å²) < 4.78 is 17.5. The van der Waals surface area contributed by atoms with Crippen LogP contribution in [0, 0.1) is 6.92 Å². The Kier molecular flexibility index (Phi) is 5.66. The van der Waals surface area contributed by atoms with Gasteiger partial charge in [-0.25, -0.2) is 4.98 Å². The van der Waals surface area contributed by atoms with Crippen molar-refractivity contribution in [2.24, 2.45) is 0 Å². The molecule has 0 saturated carbocycles. The van der Waals surface area contributed by atoms with Gasteiger partial charge in [-0.15, -0.1) is 0 Å². The van der Waals surface area contributed by atoms with Crippen LogP contribution in [0.15, 0.2) is 65.2 Å². The standard InChI is InChI=1S/C25H25N5O3/c1-16-26-13-20(32-16)19-10-12-23(29-25(19)31-3)27-22-11-9-18-14-30(2)15-21(33-24(18)28-22)17-7-5-4-6-8-17/h4-13,21H,14-15H2,1-3H3,(H,27,28,29)/t21-/m0/s1. The highest BCUT2D eigenvalue weighted by atomic mass is 16.5. The second-order valence-electron chi connectivity index (χ2n) is 8.00. The van der Waals surface area contributed by atoms with Gasteiger partial charge < -0.3 is 19.2 Å². The number of fused-ring (bicyclic) bond motifs is 1. The van der Waals surface area contributed by atoms with E-state index in [0.29, 0.717) is 35.0 Å². The number of hydrogen-bond acceptors (Lipinski definition) is 8. The van der Waals surface area contributed by atoms with E-state index in [9.17, 15) is 0 Å². The molecule has 0 saturated heterocycles. The Morgan fingerprint density at radius 2 is 1.82 bits per heavy atom. The van der Waals surface area contributed by atoms with Gasteiger partial charge in [-0.1, -0.05) is 30.3 Å². The number of methoxy groups -OCH3 is 1. The van der Waals surface area contributed by atoms with Gasteiger partial charge in [0, 0.05) is 25.6 Å². The SMILES string of the molecule is COc1nc(Nc2ccc3c(n2)O[C@H](c2ccccc2)CN(C)C3)ccc1-c1cnc(C)o1. The summed E-state index contributed by atoms with van der Waals surface area (Å²) in [4.78, 5) is 15.7. The van der Waals surface area contributed by atoms with E-state index in [1.165, 1.54) is 0 Å². The molecule has 1 N–H and O–H groups in total. The minimum Gasteiger partial charge on any atom is -0.480 e. The fourth-order valence-corrected chi connectivity index (χ4v) is 3.88. The zero-order valence-electron chi connectivity index (χ0n) is 18.8. The molecular formula is C25H25N5O3. The summed E-state index contributed by atoms with van der Waals surface area (Å²) in [5.74, 6) is 3.50. The first-order chi connectivity index (χ1) is 16.1. The molecule has 1 atom stereocenters. The summed E-state index contributed by atoms with van der Waals surface area (Å²) in [6.07, 6.45) is 1.57. The van der Waals surface area contributed by atoms with Crippen LogP contribution in [0.25, 0.3) is 11.3 Å². The van der Waals surface area contributed by atoms with E-state index in [2.05, 4.69) is 39.4 Å². The van der Waals surface area contributed by atoms with Crippen molar-refractivity contribution in [3.05, 3.63) is 77.8 Å². The average molecular weight is 444 g/mol. The fourth-order valence-electron chi connectivity index (χ4n) is 3.88. The van der Waals surface area contributed by atoms with Crippen LogP contribution in [0.3, 0.4) is 0 Å². The number of nitrogens with one attached hydrogen (secondary N) is 1. The first kappa shape index (κ1) is 21.0. The molecule has 3 aromatic heterocycles. The van der Waals surface area contributed by atoms with Gasteiger partial charge in [-0.3, -0.25) is 4.90 Å². The lowest BCUT2D eigenvalue weighted by molar-refractivity contribution is 0.160. The molecule has 4 heterocycles. The highest BCUT2D eigenvalue weighted by molar-refractivity contribution is 5.66. The summed E-state index contributed by atoms with van der Waals surface area (Å²) in [5, 5.41) is 3.26. The normalized spacial score (nSPS) is 15.9. The van der Waals surface area contributed by atoms with E-state index >= 15 is 0 Å². The molecule has 0 aliphatic carbocycles. The molecular weight excluding hydrogens is 418 g/mol. The monoisotopic (exact) mass is 443 g/mol. The fraction of sp³-hybridized carbons (Fsp3) is 0.240. The number of pyridine rings is 2. The Hall–Kier alpha value is -3.91. The Labute approximate surface area is 192 Å². The van der Waals surface area contributed by atoms with E-state index in [4.69, 9.17) is 18.9 Å². The van der Waals surface area contributed by atoms with Crippen molar-refractivity contribution in [2.45, 2.75) is 19.6 Å². The predicted octanol–water partition coefficient (Wildman–Crippen LogP) is 4.76. The van der Waals surface area contributed by atoms with Gasteiger partial charge in [0.2, 0.25) is 11.8 Å². The lowest BCUT2D eigenvalue weighted by atomic mass is 10.1. The number of hydrogen-bond donors (Lipinski definition) is 1. The summed E-state index contributed by atoms with van der Waals surface area (Å²) in [5.41, 5.74) is 2.90. The molecule has 8 heteroatoms. The van der Waals surface area contributed by atoms with Gasteiger partial charge in [0.1, 0.15) is 17.7 Å². The summed E-state index contributed by atoms with van der Waals surface area (Å²) in [6, 6.07) is 17.9. The summed E-state index contributed by atoms with van der Waals surface area (Å²) in [7, 11) is 3.67. The maximum Gasteiger partial charge on any atom is 0.226 e. The van der Waals surface area contributed by atoms with E-state index in [1.54, 1.807) is 20.2 Å². The molecule has 0 bridgehead atoms. The molecule has 0 fully saturated rings. The van der Waals surface area contributed by atoms with Crippen LogP contribution in [-0.4, -0.2) is 40.6 Å². The molecule has 8 nitrogen and oxygen atoms in total. The van der Waals surface area contributed by atoms with Crippen molar-refractivity contribution in [1.82, 2.24) is 19.9 Å². The van der Waals surface area contributed by atoms with E-state index in [-0.39, 0.29) is 6.10 Å². The predicted molar refractivity (Wildman–Crippen MR) is 125 cm³/mol. The minimum atomic E-state index is -0.0944. The Morgan fingerprint density at radius 3 is 2.58 bits per heavy atom. The van der Waals surface area contributed by atoms with Crippen LogP contribution in [0.4, 0.5) is 11.6 Å². The first-order valence-corrected chi connectivity index (χ1v) is 10.7.